The van der Waals surface area contributed by atoms with Crippen LogP contribution in [0.5, 0.6) is 5.75 Å². The Balaban J connectivity index is 3.38. The van der Waals surface area contributed by atoms with E-state index < -0.39 is 0 Å². The van der Waals surface area contributed by atoms with Gasteiger partial charge in [0.05, 0.1) is 19.8 Å². The van der Waals surface area contributed by atoms with E-state index in [1.807, 2.05) is 12.1 Å². The second kappa shape index (κ2) is 4.60. The van der Waals surface area contributed by atoms with Crippen molar-refractivity contribution in [1.29, 1.82) is 0 Å². The van der Waals surface area contributed by atoms with Crippen molar-refractivity contribution >= 4 is 5.76 Å². The molecule has 0 heterocycles. The molecule has 0 N–H and O–H groups in total. The lowest BCUT2D eigenvalue weighted by atomic mass is 9.85. The fraction of sp³-hybridized carbons (Fsp3) is 0.429. The molecule has 0 unspecified atom stereocenters. The highest BCUT2D eigenvalue weighted by molar-refractivity contribution is 5.66. The molecular formula is C14H20O2. The van der Waals surface area contributed by atoms with E-state index in [2.05, 4.69) is 33.4 Å². The first kappa shape index (κ1) is 12.6. The minimum absolute atomic E-state index is 0.0371. The van der Waals surface area contributed by atoms with E-state index in [4.69, 9.17) is 9.47 Å². The highest BCUT2D eigenvalue weighted by Gasteiger charge is 2.21. The number of hydrogen-bond acceptors (Lipinski definition) is 2. The normalized spacial score (nSPS) is 11.1. The molecule has 0 radical (unpaired) electrons. The summed E-state index contributed by atoms with van der Waals surface area (Å²) in [6.45, 7) is 10.3. The molecule has 1 aromatic rings. The average Bonchev–Trinajstić information content (AvgIpc) is 2.25. The summed E-state index contributed by atoms with van der Waals surface area (Å²) in [7, 11) is 3.29. The molecule has 0 bridgehead atoms. The van der Waals surface area contributed by atoms with Crippen molar-refractivity contribution in [3.63, 3.8) is 0 Å². The molecule has 0 amide bonds. The van der Waals surface area contributed by atoms with Gasteiger partial charge in [0.25, 0.3) is 0 Å². The maximum absolute atomic E-state index is 5.49. The van der Waals surface area contributed by atoms with E-state index in [9.17, 15) is 0 Å². The van der Waals surface area contributed by atoms with E-state index in [1.54, 1.807) is 14.2 Å². The van der Waals surface area contributed by atoms with Crippen LogP contribution in [0.25, 0.3) is 5.76 Å². The highest BCUT2D eigenvalue weighted by Crippen LogP contribution is 2.36. The zero-order valence-corrected chi connectivity index (χ0v) is 10.8. The van der Waals surface area contributed by atoms with Crippen molar-refractivity contribution in [2.75, 3.05) is 14.2 Å². The second-order valence-electron chi connectivity index (χ2n) is 4.76. The minimum atomic E-state index is 0.0371. The summed E-state index contributed by atoms with van der Waals surface area (Å²) in [6, 6.07) is 6.04. The predicted octanol–water partition coefficient (Wildman–Crippen LogP) is 3.61. The lowest BCUT2D eigenvalue weighted by molar-refractivity contribution is 0.359. The molecule has 0 aliphatic rings. The van der Waals surface area contributed by atoms with Crippen molar-refractivity contribution in [2.24, 2.45) is 0 Å². The first-order valence-corrected chi connectivity index (χ1v) is 5.32. The standard InChI is InChI=1S/C14H20O2/c1-10(15-5)11-8-7-9-12(13(11)16-6)14(2,3)4/h7-9H,1H2,2-6H3. The molecule has 0 saturated carbocycles. The zero-order valence-electron chi connectivity index (χ0n) is 10.8. The Morgan fingerprint density at radius 2 is 1.81 bits per heavy atom. The van der Waals surface area contributed by atoms with Gasteiger partial charge in [0.15, 0.2) is 0 Å². The maximum Gasteiger partial charge on any atom is 0.133 e. The van der Waals surface area contributed by atoms with Gasteiger partial charge in [-0.15, -0.1) is 0 Å². The Morgan fingerprint density at radius 1 is 1.19 bits per heavy atom. The summed E-state index contributed by atoms with van der Waals surface area (Å²) in [5.41, 5.74) is 2.11. The van der Waals surface area contributed by atoms with Crippen LogP contribution in [-0.4, -0.2) is 14.2 Å². The van der Waals surface area contributed by atoms with Gasteiger partial charge in [-0.2, -0.15) is 0 Å². The number of methoxy groups -OCH3 is 2. The maximum atomic E-state index is 5.49. The van der Waals surface area contributed by atoms with Gasteiger partial charge in [0.2, 0.25) is 0 Å². The number of hydrogen-bond donors (Lipinski definition) is 0. The Kier molecular flexibility index (Phi) is 3.63. The second-order valence-corrected chi connectivity index (χ2v) is 4.76. The van der Waals surface area contributed by atoms with E-state index in [0.29, 0.717) is 5.76 Å². The van der Waals surface area contributed by atoms with Crippen LogP contribution in [0.15, 0.2) is 24.8 Å². The Labute approximate surface area is 97.9 Å². The lowest BCUT2D eigenvalue weighted by Gasteiger charge is -2.24. The zero-order chi connectivity index (χ0) is 12.3. The molecule has 0 spiro atoms. The highest BCUT2D eigenvalue weighted by atomic mass is 16.5. The minimum Gasteiger partial charge on any atom is -0.497 e. The Hall–Kier alpha value is -1.44. The molecule has 2 nitrogen and oxygen atoms in total. The third kappa shape index (κ3) is 2.38. The summed E-state index contributed by atoms with van der Waals surface area (Å²) in [4.78, 5) is 0. The van der Waals surface area contributed by atoms with E-state index >= 15 is 0 Å². The first-order valence-electron chi connectivity index (χ1n) is 5.32. The summed E-state index contributed by atoms with van der Waals surface area (Å²) in [5.74, 6) is 1.48. The van der Waals surface area contributed by atoms with Crippen LogP contribution in [0.1, 0.15) is 31.9 Å². The number of rotatable bonds is 3. The summed E-state index contributed by atoms with van der Waals surface area (Å²) < 4.78 is 10.7. The van der Waals surface area contributed by atoms with Gasteiger partial charge in [-0.1, -0.05) is 39.5 Å². The fourth-order valence-corrected chi connectivity index (χ4v) is 1.68. The largest absolute Gasteiger partial charge is 0.497 e. The number of ether oxygens (including phenoxy) is 2. The van der Waals surface area contributed by atoms with E-state index in [0.717, 1.165) is 16.9 Å². The number of benzene rings is 1. The van der Waals surface area contributed by atoms with Crippen molar-refractivity contribution in [3.05, 3.63) is 35.9 Å². The summed E-state index contributed by atoms with van der Waals surface area (Å²) >= 11 is 0. The predicted molar refractivity (Wildman–Crippen MR) is 67.7 cm³/mol. The van der Waals surface area contributed by atoms with Crippen LogP contribution < -0.4 is 4.74 Å². The molecule has 0 atom stereocenters. The first-order chi connectivity index (χ1) is 7.41. The van der Waals surface area contributed by atoms with Crippen molar-refractivity contribution in [1.82, 2.24) is 0 Å². The van der Waals surface area contributed by atoms with Gasteiger partial charge in [0.1, 0.15) is 11.5 Å². The van der Waals surface area contributed by atoms with Crippen LogP contribution in [0, 0.1) is 0 Å². The third-order valence-corrected chi connectivity index (χ3v) is 2.57. The summed E-state index contributed by atoms with van der Waals surface area (Å²) in [6.07, 6.45) is 0. The quantitative estimate of drug-likeness (QED) is 0.724. The number of para-hydroxylation sites is 1. The Morgan fingerprint density at radius 3 is 2.25 bits per heavy atom. The SMILES string of the molecule is C=C(OC)c1cccc(C(C)(C)C)c1OC. The van der Waals surface area contributed by atoms with E-state index in [-0.39, 0.29) is 5.41 Å². The van der Waals surface area contributed by atoms with E-state index in [1.165, 1.54) is 0 Å². The molecular weight excluding hydrogens is 200 g/mol. The molecule has 88 valence electrons. The van der Waals surface area contributed by atoms with Gasteiger partial charge in [-0.05, 0) is 11.5 Å². The van der Waals surface area contributed by atoms with Gasteiger partial charge in [-0.25, -0.2) is 0 Å². The molecule has 1 aromatic carbocycles. The van der Waals surface area contributed by atoms with Crippen molar-refractivity contribution in [3.8, 4) is 5.75 Å². The average molecular weight is 220 g/mol. The smallest absolute Gasteiger partial charge is 0.133 e. The summed E-state index contributed by atoms with van der Waals surface area (Å²) in [5, 5.41) is 0. The van der Waals surface area contributed by atoms with Crippen LogP contribution in [0.3, 0.4) is 0 Å². The van der Waals surface area contributed by atoms with Gasteiger partial charge >= 0.3 is 0 Å². The van der Waals surface area contributed by atoms with Crippen LogP contribution in [0.4, 0.5) is 0 Å². The molecule has 1 rings (SSSR count). The lowest BCUT2D eigenvalue weighted by Crippen LogP contribution is -2.13. The van der Waals surface area contributed by atoms with Gasteiger partial charge < -0.3 is 9.47 Å². The molecule has 16 heavy (non-hydrogen) atoms. The topological polar surface area (TPSA) is 18.5 Å². The van der Waals surface area contributed by atoms with Crippen LogP contribution in [0.2, 0.25) is 0 Å². The molecule has 0 fully saturated rings. The monoisotopic (exact) mass is 220 g/mol. The molecule has 0 saturated heterocycles. The van der Waals surface area contributed by atoms with Crippen molar-refractivity contribution < 1.29 is 9.47 Å². The third-order valence-electron chi connectivity index (χ3n) is 2.57. The van der Waals surface area contributed by atoms with Gasteiger partial charge in [-0.3, -0.25) is 0 Å². The Bertz CT molecular complexity index is 386. The van der Waals surface area contributed by atoms with Crippen LogP contribution >= 0.6 is 0 Å². The molecule has 0 aromatic heterocycles. The van der Waals surface area contributed by atoms with Crippen LogP contribution in [-0.2, 0) is 10.2 Å². The molecule has 0 aliphatic carbocycles. The molecule has 2 heteroatoms. The fourth-order valence-electron chi connectivity index (χ4n) is 1.68. The molecule has 0 aliphatic heterocycles. The van der Waals surface area contributed by atoms with Crippen molar-refractivity contribution in [2.45, 2.75) is 26.2 Å². The van der Waals surface area contributed by atoms with Gasteiger partial charge in [0, 0.05) is 5.56 Å².